The van der Waals surface area contributed by atoms with Crippen LogP contribution >= 0.6 is 0 Å². The fourth-order valence-corrected chi connectivity index (χ4v) is 0.753. The molecule has 0 aliphatic carbocycles. The molecule has 2 N–H and O–H groups in total. The summed E-state index contributed by atoms with van der Waals surface area (Å²) in [6.07, 6.45) is 3.39. The van der Waals surface area contributed by atoms with Crippen LogP contribution in [0.1, 0.15) is 0 Å². The van der Waals surface area contributed by atoms with Crippen LogP contribution in [0.25, 0.3) is 11.4 Å². The highest BCUT2D eigenvalue weighted by atomic mass is 15.1. The molecule has 0 aliphatic rings. The zero-order valence-electron chi connectivity index (χ0n) is 5.13. The third-order valence-electron chi connectivity index (χ3n) is 1.19. The molecule has 2 aromatic rings. The van der Waals surface area contributed by atoms with Crippen molar-refractivity contribution < 1.29 is 0 Å². The summed E-state index contributed by atoms with van der Waals surface area (Å²) in [6, 6.07) is 4.73. The van der Waals surface area contributed by atoms with E-state index in [1.807, 2.05) is 6.07 Å². The van der Waals surface area contributed by atoms with E-state index in [0.29, 0.717) is 0 Å². The maximum Gasteiger partial charge on any atom is 0.120 e. The van der Waals surface area contributed by atoms with Crippen molar-refractivity contribution in [3.05, 3.63) is 24.5 Å². The van der Waals surface area contributed by atoms with Gasteiger partial charge >= 0.3 is 0 Å². The molecule has 0 fully saturated rings. The van der Waals surface area contributed by atoms with Gasteiger partial charge in [-0.2, -0.15) is 10.2 Å². The van der Waals surface area contributed by atoms with E-state index in [0.717, 1.165) is 11.4 Å². The van der Waals surface area contributed by atoms with E-state index in [2.05, 4.69) is 26.5 Å². The van der Waals surface area contributed by atoms with Crippen molar-refractivity contribution in [1.82, 2.24) is 20.4 Å². The van der Waals surface area contributed by atoms with Gasteiger partial charge in [-0.15, -0.1) is 0 Å². The number of aromatic nitrogens is 4. The summed E-state index contributed by atoms with van der Waals surface area (Å²) in [6.45, 7) is 0. The van der Waals surface area contributed by atoms with Crippen molar-refractivity contribution in [2.75, 3.05) is 0 Å². The summed E-state index contributed by atoms with van der Waals surface area (Å²) < 4.78 is 0. The third-order valence-corrected chi connectivity index (χ3v) is 1.19. The van der Waals surface area contributed by atoms with Crippen LogP contribution in [0, 0.1) is 6.07 Å². The van der Waals surface area contributed by atoms with Crippen LogP contribution in [-0.4, -0.2) is 20.4 Å². The highest BCUT2D eigenvalue weighted by Crippen LogP contribution is 2.09. The summed E-state index contributed by atoms with van der Waals surface area (Å²) in [7, 11) is 0. The molecule has 1 radical (unpaired) electrons. The number of hydrogen-bond acceptors (Lipinski definition) is 2. The molecule has 0 bridgehead atoms. The minimum atomic E-state index is 0.737. The molecular formula is C6H5N4. The van der Waals surface area contributed by atoms with E-state index in [4.69, 9.17) is 0 Å². The molecule has 4 heteroatoms. The Bertz CT molecular complexity index is 249. The third kappa shape index (κ3) is 0.699. The van der Waals surface area contributed by atoms with Gasteiger partial charge in [-0.05, 0) is 6.07 Å². The highest BCUT2D eigenvalue weighted by molar-refractivity contribution is 5.50. The first-order valence-corrected chi connectivity index (χ1v) is 2.88. The van der Waals surface area contributed by atoms with Crippen molar-refractivity contribution in [3.8, 4) is 11.4 Å². The predicted octanol–water partition coefficient (Wildman–Crippen LogP) is 0.600. The first-order valence-electron chi connectivity index (χ1n) is 2.88. The van der Waals surface area contributed by atoms with Crippen LogP contribution in [-0.2, 0) is 0 Å². The van der Waals surface area contributed by atoms with Gasteiger partial charge < -0.3 is 0 Å². The Balaban J connectivity index is 2.48. The Kier molecular flexibility index (Phi) is 1.04. The van der Waals surface area contributed by atoms with E-state index in [1.54, 1.807) is 12.4 Å². The smallest absolute Gasteiger partial charge is 0.120 e. The number of H-pyrrole nitrogens is 2. The standard InChI is InChI=1S/C6H5N4/c1-3-7-9-5(1)6-2-4-8-10-6/h1,3-4H,(H,7,9)(H,8,10). The summed E-state index contributed by atoms with van der Waals surface area (Å²) in [5.41, 5.74) is 1.54. The molecule has 0 atom stereocenters. The normalized spacial score (nSPS) is 10.0. The molecule has 0 aliphatic heterocycles. The molecule has 2 aromatic heterocycles. The second-order valence-corrected chi connectivity index (χ2v) is 1.84. The Morgan fingerprint density at radius 3 is 2.90 bits per heavy atom. The summed E-state index contributed by atoms with van der Waals surface area (Å²) in [5, 5.41) is 13.2. The zero-order chi connectivity index (χ0) is 6.81. The Labute approximate surface area is 57.3 Å². The van der Waals surface area contributed by atoms with Gasteiger partial charge in [-0.3, -0.25) is 10.2 Å². The van der Waals surface area contributed by atoms with E-state index in [-0.39, 0.29) is 0 Å². The Hall–Kier alpha value is -1.58. The first kappa shape index (κ1) is 5.22. The molecule has 0 unspecified atom stereocenters. The monoisotopic (exact) mass is 133 g/mol. The SMILES string of the molecule is [c]1c[nH]nc1-c1cc[nH]n1. The molecule has 49 valence electrons. The summed E-state index contributed by atoms with van der Waals surface area (Å²) >= 11 is 0. The minimum absolute atomic E-state index is 0.737. The zero-order valence-corrected chi connectivity index (χ0v) is 5.13. The van der Waals surface area contributed by atoms with Gasteiger partial charge in [-0.1, -0.05) is 0 Å². The van der Waals surface area contributed by atoms with E-state index >= 15 is 0 Å². The van der Waals surface area contributed by atoms with E-state index < -0.39 is 0 Å². The van der Waals surface area contributed by atoms with Crippen LogP contribution in [0.2, 0.25) is 0 Å². The average molecular weight is 133 g/mol. The van der Waals surface area contributed by atoms with Crippen LogP contribution < -0.4 is 0 Å². The second-order valence-electron chi connectivity index (χ2n) is 1.84. The van der Waals surface area contributed by atoms with Gasteiger partial charge in [0.05, 0.1) is 0 Å². The molecule has 2 heterocycles. The van der Waals surface area contributed by atoms with Crippen molar-refractivity contribution >= 4 is 0 Å². The maximum atomic E-state index is 3.92. The largest absolute Gasteiger partial charge is 0.285 e. The van der Waals surface area contributed by atoms with Crippen LogP contribution in [0.4, 0.5) is 0 Å². The molecular weight excluding hydrogens is 128 g/mol. The highest BCUT2D eigenvalue weighted by Gasteiger charge is 1.99. The second kappa shape index (κ2) is 1.98. The van der Waals surface area contributed by atoms with Gasteiger partial charge in [-0.25, -0.2) is 0 Å². The van der Waals surface area contributed by atoms with Gasteiger partial charge in [0, 0.05) is 18.5 Å². The van der Waals surface area contributed by atoms with Crippen molar-refractivity contribution in [2.24, 2.45) is 0 Å². The Morgan fingerprint density at radius 2 is 2.30 bits per heavy atom. The van der Waals surface area contributed by atoms with Crippen molar-refractivity contribution in [2.45, 2.75) is 0 Å². The molecule has 2 rings (SSSR count). The number of aromatic amines is 2. The molecule has 0 saturated heterocycles. The summed E-state index contributed by atoms with van der Waals surface area (Å²) in [5.74, 6) is 0. The fraction of sp³-hybridized carbons (Fsp3) is 0. The molecule has 4 nitrogen and oxygen atoms in total. The van der Waals surface area contributed by atoms with Gasteiger partial charge in [0.25, 0.3) is 0 Å². The van der Waals surface area contributed by atoms with Gasteiger partial charge in [0.1, 0.15) is 11.4 Å². The molecule has 0 saturated carbocycles. The minimum Gasteiger partial charge on any atom is -0.285 e. The number of rotatable bonds is 1. The van der Waals surface area contributed by atoms with E-state index in [1.165, 1.54) is 0 Å². The van der Waals surface area contributed by atoms with Gasteiger partial charge in [0.2, 0.25) is 0 Å². The summed E-state index contributed by atoms with van der Waals surface area (Å²) in [4.78, 5) is 0. The molecule has 10 heavy (non-hydrogen) atoms. The van der Waals surface area contributed by atoms with E-state index in [9.17, 15) is 0 Å². The quantitative estimate of drug-likeness (QED) is 0.598. The Morgan fingerprint density at radius 1 is 1.30 bits per heavy atom. The number of nitrogens with one attached hydrogen (secondary N) is 2. The number of nitrogens with zero attached hydrogens (tertiary/aromatic N) is 2. The average Bonchev–Trinajstić information content (AvgIpc) is 2.59. The lowest BCUT2D eigenvalue weighted by atomic mass is 10.3. The maximum absolute atomic E-state index is 3.92. The first-order chi connectivity index (χ1) is 4.97. The van der Waals surface area contributed by atoms with Gasteiger partial charge in [0.15, 0.2) is 0 Å². The number of hydrogen-bond donors (Lipinski definition) is 2. The molecule has 0 aromatic carbocycles. The lowest BCUT2D eigenvalue weighted by Crippen LogP contribution is -1.76. The van der Waals surface area contributed by atoms with Crippen molar-refractivity contribution in [3.63, 3.8) is 0 Å². The lowest BCUT2D eigenvalue weighted by molar-refractivity contribution is 1.06. The van der Waals surface area contributed by atoms with Crippen LogP contribution in [0.15, 0.2) is 18.5 Å². The molecule has 0 amide bonds. The fourth-order valence-electron chi connectivity index (χ4n) is 0.753. The topological polar surface area (TPSA) is 57.4 Å². The molecule has 0 spiro atoms. The van der Waals surface area contributed by atoms with Crippen LogP contribution in [0.3, 0.4) is 0 Å². The van der Waals surface area contributed by atoms with Crippen molar-refractivity contribution in [1.29, 1.82) is 0 Å². The van der Waals surface area contributed by atoms with Crippen LogP contribution in [0.5, 0.6) is 0 Å². The lowest BCUT2D eigenvalue weighted by Gasteiger charge is -1.81. The predicted molar refractivity (Wildman–Crippen MR) is 35.0 cm³/mol.